The van der Waals surface area contributed by atoms with E-state index in [0.717, 1.165) is 21.0 Å². The third-order valence-electron chi connectivity index (χ3n) is 4.87. The van der Waals surface area contributed by atoms with Crippen molar-refractivity contribution in [2.75, 3.05) is 13.2 Å². The van der Waals surface area contributed by atoms with E-state index >= 15 is 0 Å². The summed E-state index contributed by atoms with van der Waals surface area (Å²) >= 11 is 1.52. The van der Waals surface area contributed by atoms with Gasteiger partial charge in [-0.2, -0.15) is 4.99 Å². The van der Waals surface area contributed by atoms with E-state index in [1.54, 1.807) is 18.2 Å². The first-order valence-corrected chi connectivity index (χ1v) is 10.2. The standard InChI is InChI=1S/C23H18N2O3S/c1-2-11-25-18-9-7-15-5-3-4-6-17(15)21(18)29-23(25)24-22(26)16-8-10-19-20(14-16)28-13-12-27-19/h2-10,14H,1,11-13H2. The lowest BCUT2D eigenvalue weighted by Gasteiger charge is -2.18. The van der Waals surface area contributed by atoms with Gasteiger partial charge in [-0.05, 0) is 29.7 Å². The summed E-state index contributed by atoms with van der Waals surface area (Å²) in [5, 5.41) is 2.32. The van der Waals surface area contributed by atoms with Crippen LogP contribution in [0.4, 0.5) is 0 Å². The molecule has 29 heavy (non-hydrogen) atoms. The third kappa shape index (κ3) is 3.11. The SMILES string of the molecule is C=CCn1c(=NC(=O)c2ccc3c(c2)OCCO3)sc2c3ccccc3ccc21. The Labute approximate surface area is 171 Å². The summed E-state index contributed by atoms with van der Waals surface area (Å²) in [4.78, 5) is 18.0. The van der Waals surface area contributed by atoms with Gasteiger partial charge in [0.25, 0.3) is 5.91 Å². The number of thiazole rings is 1. The van der Waals surface area contributed by atoms with Crippen molar-refractivity contribution >= 4 is 38.2 Å². The van der Waals surface area contributed by atoms with Gasteiger partial charge in [0.05, 0.1) is 10.2 Å². The smallest absolute Gasteiger partial charge is 0.279 e. The summed E-state index contributed by atoms with van der Waals surface area (Å²) in [5.74, 6) is 0.928. The molecule has 0 saturated heterocycles. The van der Waals surface area contributed by atoms with Gasteiger partial charge in [-0.15, -0.1) is 6.58 Å². The molecular formula is C23H18N2O3S. The Kier molecular flexibility index (Phi) is 4.41. The minimum absolute atomic E-state index is 0.310. The van der Waals surface area contributed by atoms with Gasteiger partial charge < -0.3 is 14.0 Å². The molecule has 5 nitrogen and oxygen atoms in total. The van der Waals surface area contributed by atoms with Gasteiger partial charge in [-0.25, -0.2) is 0 Å². The molecule has 1 aliphatic heterocycles. The predicted molar refractivity (Wildman–Crippen MR) is 115 cm³/mol. The van der Waals surface area contributed by atoms with Crippen molar-refractivity contribution in [1.82, 2.24) is 4.57 Å². The molecule has 4 aromatic rings. The van der Waals surface area contributed by atoms with Crippen LogP contribution in [0.1, 0.15) is 10.4 Å². The highest BCUT2D eigenvalue weighted by molar-refractivity contribution is 7.17. The van der Waals surface area contributed by atoms with E-state index < -0.39 is 0 Å². The second-order valence-corrected chi connectivity index (χ2v) is 7.67. The van der Waals surface area contributed by atoms with Crippen LogP contribution in [0.25, 0.3) is 21.0 Å². The van der Waals surface area contributed by atoms with E-state index in [9.17, 15) is 4.79 Å². The van der Waals surface area contributed by atoms with Crippen molar-refractivity contribution in [3.8, 4) is 11.5 Å². The molecule has 0 spiro atoms. The fraction of sp³-hybridized carbons (Fsp3) is 0.130. The molecule has 0 N–H and O–H groups in total. The maximum atomic E-state index is 12.9. The molecule has 0 aliphatic carbocycles. The Morgan fingerprint density at radius 1 is 1.10 bits per heavy atom. The summed E-state index contributed by atoms with van der Waals surface area (Å²) < 4.78 is 14.2. The molecule has 3 aromatic carbocycles. The number of carbonyl (C=O) groups excluding carboxylic acids is 1. The van der Waals surface area contributed by atoms with Crippen LogP contribution >= 0.6 is 11.3 Å². The fourth-order valence-corrected chi connectivity index (χ4v) is 4.69. The molecule has 144 valence electrons. The number of rotatable bonds is 3. The lowest BCUT2D eigenvalue weighted by atomic mass is 10.1. The summed E-state index contributed by atoms with van der Waals surface area (Å²) in [6.07, 6.45) is 1.81. The van der Waals surface area contributed by atoms with Crippen LogP contribution in [0.5, 0.6) is 11.5 Å². The van der Waals surface area contributed by atoms with Crippen molar-refractivity contribution < 1.29 is 14.3 Å². The normalized spacial score (nSPS) is 13.7. The van der Waals surface area contributed by atoms with E-state index in [1.165, 1.54) is 11.3 Å². The van der Waals surface area contributed by atoms with Crippen LogP contribution in [-0.2, 0) is 6.54 Å². The van der Waals surface area contributed by atoms with E-state index in [4.69, 9.17) is 9.47 Å². The number of aromatic nitrogens is 1. The monoisotopic (exact) mass is 402 g/mol. The molecule has 5 rings (SSSR count). The molecule has 0 saturated carbocycles. The number of benzene rings is 3. The van der Waals surface area contributed by atoms with Gasteiger partial charge >= 0.3 is 0 Å². The molecule has 0 radical (unpaired) electrons. The Balaban J connectivity index is 1.66. The number of hydrogen-bond donors (Lipinski definition) is 0. The number of amides is 1. The first kappa shape index (κ1) is 17.7. The molecule has 1 amide bonds. The van der Waals surface area contributed by atoms with Gasteiger partial charge in [0.2, 0.25) is 0 Å². The lowest BCUT2D eigenvalue weighted by molar-refractivity contribution is 0.0996. The van der Waals surface area contributed by atoms with Crippen LogP contribution in [0.2, 0.25) is 0 Å². The van der Waals surface area contributed by atoms with Crippen LogP contribution < -0.4 is 14.3 Å². The molecule has 0 unspecified atom stereocenters. The molecule has 0 fully saturated rings. The van der Waals surface area contributed by atoms with Crippen molar-refractivity contribution in [2.24, 2.45) is 4.99 Å². The van der Waals surface area contributed by atoms with E-state index in [1.807, 2.05) is 22.8 Å². The predicted octanol–water partition coefficient (Wildman–Crippen LogP) is 4.55. The van der Waals surface area contributed by atoms with Crippen molar-refractivity contribution in [1.29, 1.82) is 0 Å². The number of ether oxygens (including phenoxy) is 2. The number of hydrogen-bond acceptors (Lipinski definition) is 4. The molecule has 0 atom stereocenters. The Morgan fingerprint density at radius 3 is 2.79 bits per heavy atom. The Morgan fingerprint density at radius 2 is 1.93 bits per heavy atom. The fourth-order valence-electron chi connectivity index (χ4n) is 3.52. The van der Waals surface area contributed by atoms with Gasteiger partial charge in [0, 0.05) is 17.5 Å². The highest BCUT2D eigenvalue weighted by atomic mass is 32.1. The van der Waals surface area contributed by atoms with Gasteiger partial charge in [-0.1, -0.05) is 47.7 Å². The summed E-state index contributed by atoms with van der Waals surface area (Å²) in [6.45, 7) is 5.43. The molecule has 1 aromatic heterocycles. The Hall–Kier alpha value is -3.38. The van der Waals surface area contributed by atoms with Crippen molar-refractivity contribution in [2.45, 2.75) is 6.54 Å². The minimum Gasteiger partial charge on any atom is -0.486 e. The van der Waals surface area contributed by atoms with Crippen LogP contribution in [-0.4, -0.2) is 23.7 Å². The summed E-state index contributed by atoms with van der Waals surface area (Å²) in [6, 6.07) is 17.6. The van der Waals surface area contributed by atoms with Gasteiger partial charge in [-0.3, -0.25) is 4.79 Å². The van der Waals surface area contributed by atoms with Crippen molar-refractivity contribution in [3.05, 3.63) is 77.6 Å². The molecular weight excluding hydrogens is 384 g/mol. The maximum absolute atomic E-state index is 12.9. The lowest BCUT2D eigenvalue weighted by Crippen LogP contribution is -2.17. The first-order valence-electron chi connectivity index (χ1n) is 9.35. The molecule has 2 heterocycles. The average Bonchev–Trinajstić information content (AvgIpc) is 3.11. The average molecular weight is 402 g/mol. The topological polar surface area (TPSA) is 52.8 Å². The van der Waals surface area contributed by atoms with Crippen LogP contribution in [0.15, 0.2) is 72.2 Å². The third-order valence-corrected chi connectivity index (χ3v) is 6.00. The number of nitrogens with zero attached hydrogens (tertiary/aromatic N) is 2. The maximum Gasteiger partial charge on any atom is 0.279 e. The number of carbonyl (C=O) groups is 1. The Bertz CT molecular complexity index is 1330. The summed E-state index contributed by atoms with van der Waals surface area (Å²) in [7, 11) is 0. The van der Waals surface area contributed by atoms with Crippen molar-refractivity contribution in [3.63, 3.8) is 0 Å². The minimum atomic E-state index is -0.310. The molecule has 0 bridgehead atoms. The zero-order valence-electron chi connectivity index (χ0n) is 15.6. The second kappa shape index (κ2) is 7.22. The van der Waals surface area contributed by atoms with E-state index in [0.29, 0.717) is 41.6 Å². The molecule has 1 aliphatic rings. The second-order valence-electron chi connectivity index (χ2n) is 6.69. The van der Waals surface area contributed by atoms with Gasteiger partial charge in [0.15, 0.2) is 16.3 Å². The largest absolute Gasteiger partial charge is 0.486 e. The summed E-state index contributed by atoms with van der Waals surface area (Å²) in [5.41, 5.74) is 1.52. The van der Waals surface area contributed by atoms with Crippen LogP contribution in [0, 0.1) is 0 Å². The number of allylic oxidation sites excluding steroid dienone is 1. The number of fused-ring (bicyclic) bond motifs is 4. The zero-order chi connectivity index (χ0) is 19.8. The highest BCUT2D eigenvalue weighted by Crippen LogP contribution is 2.31. The van der Waals surface area contributed by atoms with Crippen LogP contribution in [0.3, 0.4) is 0 Å². The quantitative estimate of drug-likeness (QED) is 0.472. The first-order chi connectivity index (χ1) is 14.2. The van der Waals surface area contributed by atoms with E-state index in [2.05, 4.69) is 35.8 Å². The van der Waals surface area contributed by atoms with E-state index in [-0.39, 0.29) is 5.91 Å². The molecule has 6 heteroatoms. The van der Waals surface area contributed by atoms with Gasteiger partial charge in [0.1, 0.15) is 13.2 Å². The highest BCUT2D eigenvalue weighted by Gasteiger charge is 2.16. The zero-order valence-corrected chi connectivity index (χ0v) is 16.4.